The largest absolute Gasteiger partial charge is 0.369 e. The molecular weight excluding hydrogens is 483 g/mol. The number of benzene rings is 2. The Kier molecular flexibility index (Phi) is 6.32. The van der Waals surface area contributed by atoms with Gasteiger partial charge in [-0.2, -0.15) is 0 Å². The molecule has 0 saturated carbocycles. The van der Waals surface area contributed by atoms with Gasteiger partial charge in [0.05, 0.1) is 21.9 Å². The van der Waals surface area contributed by atoms with Crippen molar-refractivity contribution in [1.29, 1.82) is 0 Å². The monoisotopic (exact) mass is 506 g/mol. The summed E-state index contributed by atoms with van der Waals surface area (Å²) in [6, 6.07) is 14.9. The second-order valence-electron chi connectivity index (χ2n) is 8.86. The van der Waals surface area contributed by atoms with Crippen molar-refractivity contribution in [1.82, 2.24) is 15.2 Å². The van der Waals surface area contributed by atoms with Crippen LogP contribution in [0.3, 0.4) is 0 Å². The van der Waals surface area contributed by atoms with E-state index in [1.165, 1.54) is 0 Å². The summed E-state index contributed by atoms with van der Waals surface area (Å²) in [5.41, 5.74) is 17.3. The molecule has 2 aromatic heterocycles. The number of rotatable bonds is 4. The number of anilines is 1. The third kappa shape index (κ3) is 4.67. The van der Waals surface area contributed by atoms with Crippen molar-refractivity contribution in [2.45, 2.75) is 25.8 Å². The molecule has 4 aromatic rings. The number of fused-ring (bicyclic) bond motifs is 1. The van der Waals surface area contributed by atoms with Gasteiger partial charge in [-0.15, -0.1) is 10.2 Å². The fourth-order valence-corrected chi connectivity index (χ4v) is 5.09. The first-order chi connectivity index (χ1) is 16.8. The van der Waals surface area contributed by atoms with Gasteiger partial charge < -0.3 is 16.4 Å². The van der Waals surface area contributed by atoms with E-state index in [1.54, 1.807) is 24.3 Å². The van der Waals surface area contributed by atoms with Crippen LogP contribution in [0.25, 0.3) is 33.4 Å². The molecule has 5 rings (SSSR count). The van der Waals surface area contributed by atoms with E-state index in [2.05, 4.69) is 26.1 Å². The Hall–Kier alpha value is -3.26. The average molecular weight is 507 g/mol. The number of nitrogens with zero attached hydrogens (tertiary/aromatic N) is 4. The molecule has 1 fully saturated rings. The minimum absolute atomic E-state index is 0.173. The summed E-state index contributed by atoms with van der Waals surface area (Å²) in [4.78, 5) is 18.4. The molecule has 0 unspecified atom stereocenters. The molecule has 1 aliphatic rings. The summed E-state index contributed by atoms with van der Waals surface area (Å²) in [5.74, 6) is -0.599. The summed E-state index contributed by atoms with van der Waals surface area (Å²) < 4.78 is 0. The van der Waals surface area contributed by atoms with Crippen LogP contribution in [0, 0.1) is 6.92 Å². The number of aromatic nitrogens is 3. The fourth-order valence-electron chi connectivity index (χ4n) is 4.54. The van der Waals surface area contributed by atoms with Gasteiger partial charge in [-0.25, -0.2) is 4.98 Å². The molecule has 0 spiro atoms. The molecule has 35 heavy (non-hydrogen) atoms. The minimum Gasteiger partial charge on any atom is -0.369 e. The number of halogens is 2. The topological polar surface area (TPSA) is 111 Å². The van der Waals surface area contributed by atoms with Crippen LogP contribution in [0.5, 0.6) is 0 Å². The van der Waals surface area contributed by atoms with Crippen LogP contribution in [0.2, 0.25) is 10.0 Å². The Bertz CT molecular complexity index is 1430. The van der Waals surface area contributed by atoms with Crippen LogP contribution in [-0.2, 0) is 0 Å². The van der Waals surface area contributed by atoms with Gasteiger partial charge in [0.15, 0.2) is 0 Å². The van der Waals surface area contributed by atoms with Crippen molar-refractivity contribution in [3.8, 4) is 22.5 Å². The maximum atomic E-state index is 11.7. The zero-order chi connectivity index (χ0) is 24.7. The smallest absolute Gasteiger partial charge is 0.267 e. The van der Waals surface area contributed by atoms with Crippen LogP contribution in [0.15, 0.2) is 48.5 Å². The van der Waals surface area contributed by atoms with Gasteiger partial charge >= 0.3 is 0 Å². The van der Waals surface area contributed by atoms with Gasteiger partial charge in [0.2, 0.25) is 0 Å². The molecule has 178 valence electrons. The first-order valence-electron chi connectivity index (χ1n) is 11.4. The lowest BCUT2D eigenvalue weighted by molar-refractivity contribution is 0.0995. The molecule has 0 aliphatic carbocycles. The molecule has 1 aliphatic heterocycles. The molecular formula is C26H24Cl2N6O. The first-order valence-corrected chi connectivity index (χ1v) is 12.1. The molecule has 1 saturated heterocycles. The summed E-state index contributed by atoms with van der Waals surface area (Å²) in [7, 11) is 0. The lowest BCUT2D eigenvalue weighted by atomic mass is 9.99. The van der Waals surface area contributed by atoms with E-state index in [4.69, 9.17) is 34.7 Å². The standard InChI is InChI=1S/C26H24Cl2N6O/c1-14-9-15(11-16(27)10-14)24-25(34-7-5-17(29)6-8-34)19-12-18(20(28)13-23(19)32-33-24)21-3-2-4-22(31-21)26(30)35/h2-4,9-13,17H,5-8,29H2,1H3,(H2,30,35). The predicted octanol–water partition coefficient (Wildman–Crippen LogP) is 5.00. The van der Waals surface area contributed by atoms with Crippen LogP contribution in [-0.4, -0.2) is 40.2 Å². The number of primary amides is 1. The quantitative estimate of drug-likeness (QED) is 0.402. The average Bonchev–Trinajstić information content (AvgIpc) is 2.83. The van der Waals surface area contributed by atoms with Crippen molar-refractivity contribution in [2.24, 2.45) is 11.5 Å². The number of carbonyl (C=O) groups is 1. The molecule has 9 heteroatoms. The number of amides is 1. The third-order valence-electron chi connectivity index (χ3n) is 6.27. The Labute approximate surface area is 213 Å². The summed E-state index contributed by atoms with van der Waals surface area (Å²) in [5, 5.41) is 11.1. The Balaban J connectivity index is 1.77. The second kappa shape index (κ2) is 9.41. The second-order valence-corrected chi connectivity index (χ2v) is 9.70. The number of nitrogens with two attached hydrogens (primary N) is 2. The third-order valence-corrected chi connectivity index (χ3v) is 6.80. The summed E-state index contributed by atoms with van der Waals surface area (Å²) in [6.07, 6.45) is 1.75. The molecule has 7 nitrogen and oxygen atoms in total. The minimum atomic E-state index is -0.599. The first kappa shape index (κ1) is 23.5. The predicted molar refractivity (Wildman–Crippen MR) is 141 cm³/mol. The van der Waals surface area contributed by atoms with Crippen LogP contribution in [0.1, 0.15) is 28.9 Å². The highest BCUT2D eigenvalue weighted by molar-refractivity contribution is 6.34. The Morgan fingerprint density at radius 2 is 1.83 bits per heavy atom. The number of hydrogen-bond donors (Lipinski definition) is 2. The Morgan fingerprint density at radius 3 is 2.54 bits per heavy atom. The van der Waals surface area contributed by atoms with E-state index in [1.807, 2.05) is 25.1 Å². The van der Waals surface area contributed by atoms with Gasteiger partial charge in [-0.1, -0.05) is 29.3 Å². The SMILES string of the molecule is Cc1cc(Cl)cc(-c2nnc3cc(Cl)c(-c4cccc(C(N)=O)n4)cc3c2N2CCC(N)CC2)c1. The van der Waals surface area contributed by atoms with Gasteiger partial charge in [0, 0.05) is 40.7 Å². The highest BCUT2D eigenvalue weighted by Gasteiger charge is 2.24. The molecule has 1 amide bonds. The van der Waals surface area contributed by atoms with Gasteiger partial charge in [-0.3, -0.25) is 4.79 Å². The molecule has 3 heterocycles. The van der Waals surface area contributed by atoms with E-state index in [9.17, 15) is 4.79 Å². The van der Waals surface area contributed by atoms with Crippen LogP contribution in [0.4, 0.5) is 5.69 Å². The summed E-state index contributed by atoms with van der Waals surface area (Å²) >= 11 is 13.1. The highest BCUT2D eigenvalue weighted by atomic mass is 35.5. The van der Waals surface area contributed by atoms with Crippen molar-refractivity contribution in [3.63, 3.8) is 0 Å². The maximum absolute atomic E-state index is 11.7. The lowest BCUT2D eigenvalue weighted by Gasteiger charge is -2.33. The highest BCUT2D eigenvalue weighted by Crippen LogP contribution is 2.40. The van der Waals surface area contributed by atoms with E-state index in [0.717, 1.165) is 53.8 Å². The zero-order valence-corrected chi connectivity index (χ0v) is 20.6. The normalized spacial score (nSPS) is 14.5. The Morgan fingerprint density at radius 1 is 1.06 bits per heavy atom. The van der Waals surface area contributed by atoms with E-state index in [0.29, 0.717) is 26.8 Å². The molecule has 4 N–H and O–H groups in total. The van der Waals surface area contributed by atoms with E-state index >= 15 is 0 Å². The molecule has 0 radical (unpaired) electrons. The van der Waals surface area contributed by atoms with Crippen molar-refractivity contribution in [2.75, 3.05) is 18.0 Å². The molecule has 0 atom stereocenters. The number of aryl methyl sites for hydroxylation is 1. The lowest BCUT2D eigenvalue weighted by Crippen LogP contribution is -2.40. The van der Waals surface area contributed by atoms with Gasteiger partial charge in [0.25, 0.3) is 5.91 Å². The summed E-state index contributed by atoms with van der Waals surface area (Å²) in [6.45, 7) is 3.59. The van der Waals surface area contributed by atoms with Gasteiger partial charge in [-0.05, 0) is 67.8 Å². The molecule has 2 aromatic carbocycles. The van der Waals surface area contributed by atoms with Crippen LogP contribution >= 0.6 is 23.2 Å². The number of pyridine rings is 1. The van der Waals surface area contributed by atoms with Gasteiger partial charge in [0.1, 0.15) is 11.4 Å². The maximum Gasteiger partial charge on any atom is 0.267 e. The van der Waals surface area contributed by atoms with E-state index < -0.39 is 5.91 Å². The van der Waals surface area contributed by atoms with Crippen molar-refractivity contribution in [3.05, 3.63) is 69.8 Å². The molecule has 0 bridgehead atoms. The fraction of sp³-hybridized carbons (Fsp3) is 0.231. The van der Waals surface area contributed by atoms with E-state index in [-0.39, 0.29) is 11.7 Å². The number of carbonyl (C=O) groups excluding carboxylic acids is 1. The van der Waals surface area contributed by atoms with Crippen molar-refractivity contribution < 1.29 is 4.79 Å². The van der Waals surface area contributed by atoms with Crippen LogP contribution < -0.4 is 16.4 Å². The van der Waals surface area contributed by atoms with Crippen molar-refractivity contribution >= 4 is 45.7 Å². The zero-order valence-electron chi connectivity index (χ0n) is 19.1. The number of hydrogen-bond acceptors (Lipinski definition) is 6. The number of piperidine rings is 1.